The second-order valence-electron chi connectivity index (χ2n) is 7.31. The summed E-state index contributed by atoms with van der Waals surface area (Å²) in [7, 11) is 1.78. The minimum absolute atomic E-state index is 0.294. The summed E-state index contributed by atoms with van der Waals surface area (Å²) < 4.78 is 16.5. The number of nitrogens with one attached hydrogen (secondary N) is 2. The van der Waals surface area contributed by atoms with Gasteiger partial charge in [0.1, 0.15) is 0 Å². The van der Waals surface area contributed by atoms with E-state index in [4.69, 9.17) is 14.0 Å². The van der Waals surface area contributed by atoms with Crippen molar-refractivity contribution in [2.75, 3.05) is 40.0 Å². The van der Waals surface area contributed by atoms with E-state index in [1.807, 2.05) is 19.1 Å². The van der Waals surface area contributed by atoms with Crippen LogP contribution >= 0.6 is 0 Å². The molecule has 0 saturated carbocycles. The van der Waals surface area contributed by atoms with E-state index in [0.29, 0.717) is 18.6 Å². The molecule has 0 radical (unpaired) electrons. The molecule has 0 bridgehead atoms. The maximum atomic E-state index is 5.68. The number of hydrogen-bond donors (Lipinski definition) is 2. The number of nitrogens with zero attached hydrogens (tertiary/aromatic N) is 3. The largest absolute Gasteiger partial charge is 0.379 e. The topological polar surface area (TPSA) is 93.8 Å². The van der Waals surface area contributed by atoms with E-state index in [1.54, 1.807) is 7.05 Å². The van der Waals surface area contributed by atoms with Crippen LogP contribution < -0.4 is 10.6 Å². The van der Waals surface area contributed by atoms with Gasteiger partial charge in [-0.05, 0) is 43.4 Å². The van der Waals surface area contributed by atoms with Gasteiger partial charge in [0, 0.05) is 45.3 Å². The Balaban J connectivity index is 1.29. The number of ether oxygens (including phenoxy) is 2. The van der Waals surface area contributed by atoms with Crippen LogP contribution in [0.25, 0.3) is 11.5 Å². The summed E-state index contributed by atoms with van der Waals surface area (Å²) in [5, 5.41) is 10.6. The molecule has 1 saturated heterocycles. The lowest BCUT2D eigenvalue weighted by Crippen LogP contribution is -2.39. The number of aryl methyl sites for hydroxylation is 1. The molecule has 1 unspecified atom stereocenters. The van der Waals surface area contributed by atoms with Crippen LogP contribution in [0.1, 0.15) is 37.6 Å². The molecule has 0 spiro atoms. The van der Waals surface area contributed by atoms with Crippen LogP contribution in [0.3, 0.4) is 0 Å². The first-order chi connectivity index (χ1) is 14.8. The number of guanidine groups is 1. The van der Waals surface area contributed by atoms with Gasteiger partial charge in [-0.3, -0.25) is 4.99 Å². The highest BCUT2D eigenvalue weighted by Gasteiger charge is 2.14. The Morgan fingerprint density at radius 2 is 2.07 bits per heavy atom. The highest BCUT2D eigenvalue weighted by molar-refractivity contribution is 5.79. The molecular formula is C22H33N5O3. The normalized spacial score (nSPS) is 16.7. The summed E-state index contributed by atoms with van der Waals surface area (Å²) in [4.78, 5) is 8.63. The molecule has 8 nitrogen and oxygen atoms in total. The Bertz CT molecular complexity index is 769. The van der Waals surface area contributed by atoms with E-state index in [2.05, 4.69) is 37.9 Å². The molecule has 164 valence electrons. The minimum Gasteiger partial charge on any atom is -0.379 e. The number of aliphatic imine (C=N–C) groups is 1. The zero-order valence-corrected chi connectivity index (χ0v) is 18.0. The molecular weight excluding hydrogens is 382 g/mol. The Labute approximate surface area is 178 Å². The van der Waals surface area contributed by atoms with Crippen LogP contribution in [0.15, 0.2) is 33.8 Å². The molecule has 30 heavy (non-hydrogen) atoms. The van der Waals surface area contributed by atoms with Gasteiger partial charge in [-0.25, -0.2) is 0 Å². The molecule has 8 heteroatoms. The summed E-state index contributed by atoms with van der Waals surface area (Å²) in [6.45, 7) is 5.95. The van der Waals surface area contributed by atoms with Crippen LogP contribution in [0.4, 0.5) is 0 Å². The zero-order chi connectivity index (χ0) is 21.0. The van der Waals surface area contributed by atoms with Gasteiger partial charge in [0.15, 0.2) is 11.8 Å². The van der Waals surface area contributed by atoms with E-state index >= 15 is 0 Å². The number of rotatable bonds is 11. The van der Waals surface area contributed by atoms with Crippen molar-refractivity contribution in [1.82, 2.24) is 20.8 Å². The second kappa shape index (κ2) is 12.3. The highest BCUT2D eigenvalue weighted by Crippen LogP contribution is 2.18. The summed E-state index contributed by atoms with van der Waals surface area (Å²) in [5.41, 5.74) is 2.18. The number of hydrogen-bond acceptors (Lipinski definition) is 6. The zero-order valence-electron chi connectivity index (χ0n) is 18.0. The van der Waals surface area contributed by atoms with Crippen molar-refractivity contribution in [3.8, 4) is 11.5 Å². The van der Waals surface area contributed by atoms with Crippen LogP contribution in [-0.4, -0.2) is 62.2 Å². The standard InChI is InChI=1S/C22H33N5O3/c1-3-20-26-21(30-27-20)18-9-7-17(8-10-18)11-13-25-22(23-2)24-12-5-14-28-16-19-6-4-15-29-19/h7-10,19H,3-6,11-16H2,1-2H3,(H2,23,24,25). The van der Waals surface area contributed by atoms with E-state index < -0.39 is 0 Å². The average molecular weight is 416 g/mol. The van der Waals surface area contributed by atoms with E-state index in [1.165, 1.54) is 5.56 Å². The molecule has 2 heterocycles. The monoisotopic (exact) mass is 415 g/mol. The lowest BCUT2D eigenvalue weighted by atomic mass is 10.1. The van der Waals surface area contributed by atoms with Gasteiger partial charge in [0.2, 0.25) is 0 Å². The van der Waals surface area contributed by atoms with Crippen molar-refractivity contribution >= 4 is 5.96 Å². The average Bonchev–Trinajstić information content (AvgIpc) is 3.47. The summed E-state index contributed by atoms with van der Waals surface area (Å²) >= 11 is 0. The maximum absolute atomic E-state index is 5.68. The van der Waals surface area contributed by atoms with E-state index in [-0.39, 0.29) is 0 Å². The van der Waals surface area contributed by atoms with Gasteiger partial charge in [0.25, 0.3) is 5.89 Å². The lowest BCUT2D eigenvalue weighted by Gasteiger charge is -2.13. The van der Waals surface area contributed by atoms with Crippen molar-refractivity contribution in [1.29, 1.82) is 0 Å². The summed E-state index contributed by atoms with van der Waals surface area (Å²) in [6.07, 6.45) is 5.17. The smallest absolute Gasteiger partial charge is 0.257 e. The van der Waals surface area contributed by atoms with Gasteiger partial charge >= 0.3 is 0 Å². The second-order valence-corrected chi connectivity index (χ2v) is 7.31. The SMILES string of the molecule is CCc1noc(-c2ccc(CCNC(=NC)NCCCOCC3CCCO3)cc2)n1. The summed E-state index contributed by atoms with van der Waals surface area (Å²) in [5.74, 6) is 2.11. The molecule has 1 aromatic heterocycles. The molecule has 2 N–H and O–H groups in total. The first-order valence-corrected chi connectivity index (χ1v) is 10.8. The molecule has 1 aliphatic rings. The number of benzene rings is 1. The van der Waals surface area contributed by atoms with Crippen molar-refractivity contribution in [3.63, 3.8) is 0 Å². The predicted octanol–water partition coefficient (Wildman–Crippen LogP) is 2.59. The molecule has 2 aromatic rings. The van der Waals surface area contributed by atoms with Crippen molar-refractivity contribution in [2.45, 2.75) is 45.1 Å². The first kappa shape index (κ1) is 22.2. The fraction of sp³-hybridized carbons (Fsp3) is 0.591. The maximum Gasteiger partial charge on any atom is 0.257 e. The van der Waals surface area contributed by atoms with Crippen LogP contribution in [0.5, 0.6) is 0 Å². The van der Waals surface area contributed by atoms with Gasteiger partial charge in [-0.15, -0.1) is 0 Å². The molecule has 1 aliphatic heterocycles. The van der Waals surface area contributed by atoms with Crippen molar-refractivity contribution < 1.29 is 14.0 Å². The highest BCUT2D eigenvalue weighted by atomic mass is 16.5. The minimum atomic E-state index is 0.294. The van der Waals surface area contributed by atoms with Crippen molar-refractivity contribution in [2.24, 2.45) is 4.99 Å². The molecule has 1 fully saturated rings. The molecule has 1 atom stereocenters. The summed E-state index contributed by atoms with van der Waals surface area (Å²) in [6, 6.07) is 8.22. The fourth-order valence-corrected chi connectivity index (χ4v) is 3.25. The lowest BCUT2D eigenvalue weighted by molar-refractivity contribution is 0.0168. The van der Waals surface area contributed by atoms with E-state index in [0.717, 1.165) is 75.8 Å². The molecule has 0 aliphatic carbocycles. The molecule has 1 aromatic carbocycles. The van der Waals surface area contributed by atoms with Crippen LogP contribution in [-0.2, 0) is 22.3 Å². The third-order valence-electron chi connectivity index (χ3n) is 5.00. The van der Waals surface area contributed by atoms with Gasteiger partial charge in [0.05, 0.1) is 12.7 Å². The third-order valence-corrected chi connectivity index (χ3v) is 5.00. The van der Waals surface area contributed by atoms with E-state index in [9.17, 15) is 0 Å². The Morgan fingerprint density at radius 3 is 2.77 bits per heavy atom. The first-order valence-electron chi connectivity index (χ1n) is 10.8. The Morgan fingerprint density at radius 1 is 1.23 bits per heavy atom. The Kier molecular flexibility index (Phi) is 9.11. The van der Waals surface area contributed by atoms with Gasteiger partial charge < -0.3 is 24.6 Å². The predicted molar refractivity (Wildman–Crippen MR) is 117 cm³/mol. The quantitative estimate of drug-likeness (QED) is 0.331. The van der Waals surface area contributed by atoms with Gasteiger partial charge in [-0.1, -0.05) is 24.2 Å². The molecule has 3 rings (SSSR count). The Hall–Kier alpha value is -2.45. The molecule has 0 amide bonds. The van der Waals surface area contributed by atoms with Crippen LogP contribution in [0.2, 0.25) is 0 Å². The third kappa shape index (κ3) is 7.11. The number of aromatic nitrogens is 2. The van der Waals surface area contributed by atoms with Gasteiger partial charge in [-0.2, -0.15) is 4.98 Å². The fourth-order valence-electron chi connectivity index (χ4n) is 3.25. The van der Waals surface area contributed by atoms with Crippen LogP contribution in [0, 0.1) is 0 Å². The van der Waals surface area contributed by atoms with Crippen molar-refractivity contribution in [3.05, 3.63) is 35.7 Å².